The normalized spacial score (nSPS) is 12.5. The highest BCUT2D eigenvalue weighted by Crippen LogP contribution is 2.26. The summed E-state index contributed by atoms with van der Waals surface area (Å²) in [5.41, 5.74) is 5.92. The lowest BCUT2D eigenvalue weighted by Crippen LogP contribution is -2.46. The standard InChI is InChI=1S/C13H19BrN2O.ClH/c1-9(8-15)16-12(17)13(2,3)10-5-4-6-11(14)7-10;/h4-7,9H,8,15H2,1-3H3,(H,16,17);1H/t9-;/m0./s1. The third-order valence-electron chi connectivity index (χ3n) is 2.85. The maximum atomic E-state index is 12.2. The lowest BCUT2D eigenvalue weighted by Gasteiger charge is -2.26. The quantitative estimate of drug-likeness (QED) is 0.888. The van der Waals surface area contributed by atoms with Crippen molar-refractivity contribution < 1.29 is 4.79 Å². The van der Waals surface area contributed by atoms with Crippen LogP contribution in [0.5, 0.6) is 0 Å². The van der Waals surface area contributed by atoms with Gasteiger partial charge in [0.05, 0.1) is 5.41 Å². The highest BCUT2D eigenvalue weighted by molar-refractivity contribution is 9.10. The highest BCUT2D eigenvalue weighted by Gasteiger charge is 2.30. The Balaban J connectivity index is 0.00000289. The van der Waals surface area contributed by atoms with E-state index in [1.54, 1.807) is 0 Å². The molecule has 0 heterocycles. The Morgan fingerprint density at radius 3 is 2.61 bits per heavy atom. The lowest BCUT2D eigenvalue weighted by atomic mass is 9.83. The minimum absolute atomic E-state index is 0. The second-order valence-electron chi connectivity index (χ2n) is 4.75. The van der Waals surface area contributed by atoms with E-state index >= 15 is 0 Å². The first-order chi connectivity index (χ1) is 7.87. The number of nitrogens with one attached hydrogen (secondary N) is 1. The van der Waals surface area contributed by atoms with Crippen molar-refractivity contribution in [2.75, 3.05) is 6.54 Å². The average molecular weight is 336 g/mol. The van der Waals surface area contributed by atoms with Crippen LogP contribution >= 0.6 is 28.3 Å². The molecular weight excluding hydrogens is 316 g/mol. The summed E-state index contributed by atoms with van der Waals surface area (Å²) in [7, 11) is 0. The van der Waals surface area contributed by atoms with Gasteiger partial charge in [0.25, 0.3) is 0 Å². The van der Waals surface area contributed by atoms with Gasteiger partial charge in [0.2, 0.25) is 5.91 Å². The predicted octanol–water partition coefficient (Wildman–Crippen LogP) is 2.61. The zero-order chi connectivity index (χ0) is 13.1. The first-order valence-corrected chi connectivity index (χ1v) is 6.44. The number of rotatable bonds is 4. The molecule has 0 aliphatic carbocycles. The molecular formula is C13H20BrClN2O. The van der Waals surface area contributed by atoms with Gasteiger partial charge in [0, 0.05) is 17.1 Å². The molecule has 3 nitrogen and oxygen atoms in total. The molecule has 0 unspecified atom stereocenters. The molecule has 1 aromatic rings. The van der Waals surface area contributed by atoms with Gasteiger partial charge in [0.15, 0.2) is 0 Å². The summed E-state index contributed by atoms with van der Waals surface area (Å²) in [6, 6.07) is 7.79. The fraction of sp³-hybridized carbons (Fsp3) is 0.462. The number of hydrogen-bond acceptors (Lipinski definition) is 2. The average Bonchev–Trinajstić information content (AvgIpc) is 2.28. The Kier molecular flexibility index (Phi) is 6.89. The number of carbonyl (C=O) groups is 1. The minimum Gasteiger partial charge on any atom is -0.352 e. The molecule has 5 heteroatoms. The third-order valence-corrected chi connectivity index (χ3v) is 3.34. The molecule has 1 aromatic carbocycles. The van der Waals surface area contributed by atoms with Gasteiger partial charge in [-0.3, -0.25) is 4.79 Å². The van der Waals surface area contributed by atoms with Gasteiger partial charge in [-0.15, -0.1) is 12.4 Å². The van der Waals surface area contributed by atoms with Gasteiger partial charge in [-0.1, -0.05) is 28.1 Å². The molecule has 0 bridgehead atoms. The van der Waals surface area contributed by atoms with Crippen LogP contribution in [0.3, 0.4) is 0 Å². The van der Waals surface area contributed by atoms with Crippen LogP contribution in [0.1, 0.15) is 26.3 Å². The van der Waals surface area contributed by atoms with Crippen molar-refractivity contribution in [2.45, 2.75) is 32.2 Å². The van der Waals surface area contributed by atoms with Crippen LogP contribution in [0.25, 0.3) is 0 Å². The summed E-state index contributed by atoms with van der Waals surface area (Å²) in [4.78, 5) is 12.2. The van der Waals surface area contributed by atoms with Crippen LogP contribution in [-0.2, 0) is 10.2 Å². The van der Waals surface area contributed by atoms with Gasteiger partial charge in [0.1, 0.15) is 0 Å². The van der Waals surface area contributed by atoms with Crippen LogP contribution in [0.15, 0.2) is 28.7 Å². The lowest BCUT2D eigenvalue weighted by molar-refractivity contribution is -0.126. The molecule has 1 rings (SSSR count). The summed E-state index contributed by atoms with van der Waals surface area (Å²) < 4.78 is 0.975. The van der Waals surface area contributed by atoms with E-state index in [1.165, 1.54) is 0 Å². The van der Waals surface area contributed by atoms with Crippen LogP contribution in [0.4, 0.5) is 0 Å². The number of benzene rings is 1. The monoisotopic (exact) mass is 334 g/mol. The summed E-state index contributed by atoms with van der Waals surface area (Å²) in [6.45, 7) is 6.16. The van der Waals surface area contributed by atoms with Crippen molar-refractivity contribution >= 4 is 34.2 Å². The molecule has 0 aliphatic rings. The number of amides is 1. The Hall–Kier alpha value is -0.580. The summed E-state index contributed by atoms with van der Waals surface area (Å²) in [5, 5.41) is 2.91. The van der Waals surface area contributed by atoms with Crippen molar-refractivity contribution in [3.8, 4) is 0 Å². The topological polar surface area (TPSA) is 55.1 Å². The summed E-state index contributed by atoms with van der Waals surface area (Å²) in [6.07, 6.45) is 0. The number of halogens is 2. The molecule has 0 spiro atoms. The highest BCUT2D eigenvalue weighted by atomic mass is 79.9. The maximum absolute atomic E-state index is 12.2. The summed E-state index contributed by atoms with van der Waals surface area (Å²) in [5.74, 6) is -0.00597. The van der Waals surface area contributed by atoms with Crippen molar-refractivity contribution in [3.05, 3.63) is 34.3 Å². The largest absolute Gasteiger partial charge is 0.352 e. The van der Waals surface area contributed by atoms with E-state index in [-0.39, 0.29) is 24.4 Å². The van der Waals surface area contributed by atoms with E-state index in [0.717, 1.165) is 10.0 Å². The molecule has 0 fully saturated rings. The molecule has 0 saturated carbocycles. The van der Waals surface area contributed by atoms with Crippen molar-refractivity contribution in [1.82, 2.24) is 5.32 Å². The number of carbonyl (C=O) groups excluding carboxylic acids is 1. The molecule has 1 atom stereocenters. The van der Waals surface area contributed by atoms with Crippen LogP contribution in [-0.4, -0.2) is 18.5 Å². The first kappa shape index (κ1) is 17.4. The van der Waals surface area contributed by atoms with E-state index in [9.17, 15) is 4.79 Å². The second kappa shape index (κ2) is 7.12. The molecule has 3 N–H and O–H groups in total. The molecule has 0 radical (unpaired) electrons. The van der Waals surface area contributed by atoms with Gasteiger partial charge in [-0.05, 0) is 38.5 Å². The Morgan fingerprint density at radius 1 is 1.50 bits per heavy atom. The number of nitrogens with two attached hydrogens (primary N) is 1. The molecule has 1 amide bonds. The van der Waals surface area contributed by atoms with Crippen molar-refractivity contribution in [3.63, 3.8) is 0 Å². The van der Waals surface area contributed by atoms with E-state index < -0.39 is 5.41 Å². The van der Waals surface area contributed by atoms with Crippen molar-refractivity contribution in [1.29, 1.82) is 0 Å². The maximum Gasteiger partial charge on any atom is 0.230 e. The van der Waals surface area contributed by atoms with Gasteiger partial charge in [-0.25, -0.2) is 0 Å². The summed E-state index contributed by atoms with van der Waals surface area (Å²) >= 11 is 3.42. The number of hydrogen-bond donors (Lipinski definition) is 2. The van der Waals surface area contributed by atoms with E-state index in [0.29, 0.717) is 6.54 Å². The Labute approximate surface area is 123 Å². The molecule has 0 aromatic heterocycles. The van der Waals surface area contributed by atoms with Crippen LogP contribution < -0.4 is 11.1 Å². The molecule has 0 aliphatic heterocycles. The van der Waals surface area contributed by atoms with Gasteiger partial charge in [-0.2, -0.15) is 0 Å². The van der Waals surface area contributed by atoms with E-state index in [2.05, 4.69) is 21.2 Å². The van der Waals surface area contributed by atoms with E-state index in [4.69, 9.17) is 5.73 Å². The minimum atomic E-state index is -0.562. The Bertz CT molecular complexity index is 410. The molecule has 18 heavy (non-hydrogen) atoms. The van der Waals surface area contributed by atoms with Gasteiger partial charge >= 0.3 is 0 Å². The van der Waals surface area contributed by atoms with Gasteiger partial charge < -0.3 is 11.1 Å². The predicted molar refractivity (Wildman–Crippen MR) is 81.1 cm³/mol. The second-order valence-corrected chi connectivity index (χ2v) is 5.66. The molecule has 102 valence electrons. The van der Waals surface area contributed by atoms with E-state index in [1.807, 2.05) is 45.0 Å². The smallest absolute Gasteiger partial charge is 0.230 e. The molecule has 0 saturated heterocycles. The zero-order valence-electron chi connectivity index (χ0n) is 10.9. The van der Waals surface area contributed by atoms with Crippen LogP contribution in [0.2, 0.25) is 0 Å². The first-order valence-electron chi connectivity index (χ1n) is 5.65. The Morgan fingerprint density at radius 2 is 2.11 bits per heavy atom. The SMILES string of the molecule is C[C@@H](CN)NC(=O)C(C)(C)c1cccc(Br)c1.Cl. The zero-order valence-corrected chi connectivity index (χ0v) is 13.3. The van der Waals surface area contributed by atoms with Crippen LogP contribution in [0, 0.1) is 0 Å². The fourth-order valence-corrected chi connectivity index (χ4v) is 1.87. The third kappa shape index (κ3) is 4.26. The fourth-order valence-electron chi connectivity index (χ4n) is 1.47. The van der Waals surface area contributed by atoms with Crippen molar-refractivity contribution in [2.24, 2.45) is 5.73 Å².